The first kappa shape index (κ1) is 24.2. The highest BCUT2D eigenvalue weighted by molar-refractivity contribution is 6.31. The standard InChI is InChI=1S/C25H17ClF5N3O2/c26-18-2-1-14(27)10-16(18)21-20-17(23(36)34-21)8-12(24(32)3-4-24)9-19(20)33-22(35)11-5-13(25(29,30)31)7-15(28)6-11/h1-2,5-10,21H,3-4,32H2,(H,33,35)(H,34,36). The lowest BCUT2D eigenvalue weighted by molar-refractivity contribution is -0.137. The minimum Gasteiger partial charge on any atom is -0.341 e. The second-order valence-corrected chi connectivity index (χ2v) is 9.30. The fourth-order valence-electron chi connectivity index (χ4n) is 4.30. The Morgan fingerprint density at radius 2 is 1.78 bits per heavy atom. The molecular weight excluding hydrogens is 505 g/mol. The molecule has 1 unspecified atom stereocenters. The van der Waals surface area contributed by atoms with Gasteiger partial charge in [-0.05, 0) is 66.9 Å². The van der Waals surface area contributed by atoms with Crippen molar-refractivity contribution in [3.8, 4) is 0 Å². The molecule has 36 heavy (non-hydrogen) atoms. The number of hydrogen-bond donors (Lipinski definition) is 3. The third-order valence-electron chi connectivity index (χ3n) is 6.36. The van der Waals surface area contributed by atoms with Crippen molar-refractivity contribution < 1.29 is 31.5 Å². The maximum Gasteiger partial charge on any atom is 0.416 e. The van der Waals surface area contributed by atoms with E-state index in [1.807, 2.05) is 0 Å². The Bertz CT molecular complexity index is 1440. The molecule has 11 heteroatoms. The summed E-state index contributed by atoms with van der Waals surface area (Å²) in [5, 5.41) is 5.35. The van der Waals surface area contributed by atoms with Crippen molar-refractivity contribution in [2.45, 2.75) is 30.6 Å². The summed E-state index contributed by atoms with van der Waals surface area (Å²) in [7, 11) is 0. The average Bonchev–Trinajstić information content (AvgIpc) is 3.47. The van der Waals surface area contributed by atoms with Crippen LogP contribution in [0.5, 0.6) is 0 Å². The Kier molecular flexibility index (Phi) is 5.57. The minimum atomic E-state index is -4.87. The predicted octanol–water partition coefficient (Wildman–Crippen LogP) is 5.67. The van der Waals surface area contributed by atoms with Gasteiger partial charge in [-0.1, -0.05) is 11.6 Å². The molecule has 3 aromatic rings. The molecule has 5 nitrogen and oxygen atoms in total. The van der Waals surface area contributed by atoms with Crippen molar-refractivity contribution in [3.63, 3.8) is 0 Å². The lowest BCUT2D eigenvalue weighted by Crippen LogP contribution is -2.21. The van der Waals surface area contributed by atoms with Gasteiger partial charge in [-0.3, -0.25) is 9.59 Å². The van der Waals surface area contributed by atoms with Crippen LogP contribution >= 0.6 is 11.6 Å². The number of fused-ring (bicyclic) bond motifs is 1. The number of carbonyl (C=O) groups is 2. The smallest absolute Gasteiger partial charge is 0.341 e. The van der Waals surface area contributed by atoms with Gasteiger partial charge in [-0.15, -0.1) is 0 Å². The molecule has 1 fully saturated rings. The largest absolute Gasteiger partial charge is 0.416 e. The summed E-state index contributed by atoms with van der Waals surface area (Å²) < 4.78 is 67.4. The van der Waals surface area contributed by atoms with E-state index < -0.39 is 52.3 Å². The van der Waals surface area contributed by atoms with Crippen LogP contribution in [-0.2, 0) is 11.7 Å². The molecule has 1 atom stereocenters. The van der Waals surface area contributed by atoms with Crippen LogP contribution in [0.1, 0.15) is 61.9 Å². The summed E-state index contributed by atoms with van der Waals surface area (Å²) in [4.78, 5) is 25.9. The molecule has 0 saturated heterocycles. The zero-order chi connectivity index (χ0) is 26.0. The zero-order valence-corrected chi connectivity index (χ0v) is 19.0. The molecule has 186 valence electrons. The predicted molar refractivity (Wildman–Crippen MR) is 122 cm³/mol. The van der Waals surface area contributed by atoms with Crippen molar-refractivity contribution >= 4 is 29.1 Å². The van der Waals surface area contributed by atoms with Gasteiger partial charge in [0.25, 0.3) is 11.8 Å². The quantitative estimate of drug-likeness (QED) is 0.387. The highest BCUT2D eigenvalue weighted by atomic mass is 35.5. The van der Waals surface area contributed by atoms with Gasteiger partial charge in [-0.2, -0.15) is 13.2 Å². The van der Waals surface area contributed by atoms with Gasteiger partial charge in [-0.25, -0.2) is 8.78 Å². The Hall–Kier alpha value is -3.50. The summed E-state index contributed by atoms with van der Waals surface area (Å²) in [5.41, 5.74) is 4.87. The molecule has 4 N–H and O–H groups in total. The lowest BCUT2D eigenvalue weighted by atomic mass is 9.92. The minimum absolute atomic E-state index is 0.0609. The van der Waals surface area contributed by atoms with E-state index in [0.29, 0.717) is 30.5 Å². The van der Waals surface area contributed by atoms with E-state index in [4.69, 9.17) is 17.3 Å². The maximum atomic E-state index is 14.0. The van der Waals surface area contributed by atoms with Crippen LogP contribution in [0.3, 0.4) is 0 Å². The van der Waals surface area contributed by atoms with E-state index in [1.165, 1.54) is 12.1 Å². The van der Waals surface area contributed by atoms with E-state index in [1.54, 1.807) is 6.07 Å². The fourth-order valence-corrected chi connectivity index (χ4v) is 4.52. The number of halogens is 6. The molecule has 3 aromatic carbocycles. The van der Waals surface area contributed by atoms with Gasteiger partial charge in [0.1, 0.15) is 11.6 Å². The molecule has 5 rings (SSSR count). The van der Waals surface area contributed by atoms with Crippen molar-refractivity contribution in [2.75, 3.05) is 5.32 Å². The lowest BCUT2D eigenvalue weighted by Gasteiger charge is -2.20. The van der Waals surface area contributed by atoms with Gasteiger partial charge in [0.05, 0.1) is 11.6 Å². The molecule has 2 amide bonds. The number of nitrogens with one attached hydrogen (secondary N) is 2. The van der Waals surface area contributed by atoms with Crippen LogP contribution in [0.2, 0.25) is 5.02 Å². The van der Waals surface area contributed by atoms with Gasteiger partial charge in [0.2, 0.25) is 0 Å². The number of benzene rings is 3. The van der Waals surface area contributed by atoms with Crippen LogP contribution in [0.15, 0.2) is 48.5 Å². The van der Waals surface area contributed by atoms with Gasteiger partial charge < -0.3 is 16.4 Å². The normalized spacial score (nSPS) is 18.0. The van der Waals surface area contributed by atoms with E-state index in [0.717, 1.165) is 12.1 Å². The van der Waals surface area contributed by atoms with Crippen molar-refractivity contribution in [3.05, 3.63) is 98.6 Å². The van der Waals surface area contributed by atoms with E-state index in [-0.39, 0.29) is 33.5 Å². The van der Waals surface area contributed by atoms with Gasteiger partial charge in [0, 0.05) is 38.5 Å². The molecule has 0 bridgehead atoms. The molecule has 0 aromatic heterocycles. The Morgan fingerprint density at radius 3 is 2.44 bits per heavy atom. The number of carbonyl (C=O) groups excluding carboxylic acids is 2. The third-order valence-corrected chi connectivity index (χ3v) is 6.70. The molecule has 1 aliphatic carbocycles. The second-order valence-electron chi connectivity index (χ2n) is 8.89. The number of hydrogen-bond acceptors (Lipinski definition) is 3. The van der Waals surface area contributed by atoms with Crippen LogP contribution in [0.25, 0.3) is 0 Å². The molecule has 0 spiro atoms. The first-order chi connectivity index (χ1) is 16.9. The monoisotopic (exact) mass is 521 g/mol. The Morgan fingerprint density at radius 1 is 1.06 bits per heavy atom. The number of rotatable bonds is 4. The SMILES string of the molecule is NC1(c2cc(NC(=O)c3cc(F)cc(C(F)(F)F)c3)c3c(c2)C(=O)NC3c2cc(F)ccc2Cl)CC1. The maximum absolute atomic E-state index is 14.0. The molecule has 1 aliphatic heterocycles. The van der Waals surface area contributed by atoms with Gasteiger partial charge >= 0.3 is 6.18 Å². The van der Waals surface area contributed by atoms with Crippen LogP contribution in [-0.4, -0.2) is 11.8 Å². The highest BCUT2D eigenvalue weighted by Crippen LogP contribution is 2.47. The molecule has 1 saturated carbocycles. The molecule has 1 heterocycles. The third kappa shape index (κ3) is 4.31. The van der Waals surface area contributed by atoms with Gasteiger partial charge in [0.15, 0.2) is 0 Å². The highest BCUT2D eigenvalue weighted by Gasteiger charge is 2.43. The fraction of sp³-hybridized carbons (Fsp3) is 0.200. The second kappa shape index (κ2) is 8.28. The summed E-state index contributed by atoms with van der Waals surface area (Å²) in [6.45, 7) is 0. The summed E-state index contributed by atoms with van der Waals surface area (Å²) in [6, 6.07) is 7.20. The first-order valence-corrected chi connectivity index (χ1v) is 11.2. The molecular formula is C25H17ClF5N3O2. The van der Waals surface area contributed by atoms with Crippen LogP contribution < -0.4 is 16.4 Å². The van der Waals surface area contributed by atoms with Crippen molar-refractivity contribution in [2.24, 2.45) is 5.73 Å². The first-order valence-electron chi connectivity index (χ1n) is 10.8. The molecule has 0 radical (unpaired) electrons. The number of amides is 2. The van der Waals surface area contributed by atoms with Crippen LogP contribution in [0, 0.1) is 11.6 Å². The number of alkyl halides is 3. The zero-order valence-electron chi connectivity index (χ0n) is 18.3. The number of anilines is 1. The summed E-state index contributed by atoms with van der Waals surface area (Å²) in [6.07, 6.45) is -3.62. The summed E-state index contributed by atoms with van der Waals surface area (Å²) in [5.74, 6) is -3.42. The van der Waals surface area contributed by atoms with E-state index in [2.05, 4.69) is 10.6 Å². The average molecular weight is 522 g/mol. The number of nitrogens with two attached hydrogens (primary N) is 1. The van der Waals surface area contributed by atoms with Crippen LogP contribution in [0.4, 0.5) is 27.6 Å². The Labute approximate surface area is 206 Å². The van der Waals surface area contributed by atoms with E-state index in [9.17, 15) is 31.5 Å². The summed E-state index contributed by atoms with van der Waals surface area (Å²) >= 11 is 6.26. The van der Waals surface area contributed by atoms with Crippen molar-refractivity contribution in [1.82, 2.24) is 5.32 Å². The van der Waals surface area contributed by atoms with Crippen molar-refractivity contribution in [1.29, 1.82) is 0 Å². The topological polar surface area (TPSA) is 84.2 Å². The molecule has 2 aliphatic rings. The van der Waals surface area contributed by atoms with E-state index >= 15 is 0 Å². The Balaban J connectivity index is 1.62.